The lowest BCUT2D eigenvalue weighted by atomic mass is 9.50. The van der Waals surface area contributed by atoms with Gasteiger partial charge in [0.15, 0.2) is 0 Å². The van der Waals surface area contributed by atoms with Crippen molar-refractivity contribution in [2.75, 3.05) is 0 Å². The second-order valence-electron chi connectivity index (χ2n) is 9.00. The Labute approximate surface area is 140 Å². The molecule has 2 N–H and O–H groups in total. The third-order valence-corrected chi connectivity index (χ3v) is 8.08. The molecule has 0 amide bonds. The average Bonchev–Trinajstić information content (AvgIpc) is 2.79. The SMILES string of the molecule is C#C[C@]1(O)CCC2C3C(CC[C@@]21C)C1=C(C[C@@H](O)CC1)C[C@H]3C. The third-order valence-electron chi connectivity index (χ3n) is 8.08. The maximum atomic E-state index is 11.0. The zero-order valence-corrected chi connectivity index (χ0v) is 14.5. The van der Waals surface area contributed by atoms with Crippen LogP contribution in [0.3, 0.4) is 0 Å². The van der Waals surface area contributed by atoms with Crippen LogP contribution in [-0.2, 0) is 0 Å². The molecule has 0 heterocycles. The Balaban J connectivity index is 1.70. The molecule has 0 aromatic carbocycles. The van der Waals surface area contributed by atoms with E-state index in [1.165, 1.54) is 6.42 Å². The summed E-state index contributed by atoms with van der Waals surface area (Å²) in [5, 5.41) is 21.0. The summed E-state index contributed by atoms with van der Waals surface area (Å²) >= 11 is 0. The van der Waals surface area contributed by atoms with Gasteiger partial charge in [0.05, 0.1) is 6.10 Å². The molecular formula is C21H30O2. The molecule has 4 rings (SSSR count). The van der Waals surface area contributed by atoms with Crippen molar-refractivity contribution < 1.29 is 10.2 Å². The van der Waals surface area contributed by atoms with Gasteiger partial charge in [0.1, 0.15) is 5.60 Å². The third kappa shape index (κ3) is 2.02. The van der Waals surface area contributed by atoms with Crippen LogP contribution >= 0.6 is 0 Å². The Bertz CT molecular complexity index is 585. The molecule has 0 saturated heterocycles. The lowest BCUT2D eigenvalue weighted by molar-refractivity contribution is -0.0813. The van der Waals surface area contributed by atoms with Crippen molar-refractivity contribution in [3.63, 3.8) is 0 Å². The lowest BCUT2D eigenvalue weighted by Gasteiger charge is -2.55. The number of fused-ring (bicyclic) bond motifs is 4. The summed E-state index contributed by atoms with van der Waals surface area (Å²) in [4.78, 5) is 0. The van der Waals surface area contributed by atoms with Gasteiger partial charge in [-0.25, -0.2) is 0 Å². The summed E-state index contributed by atoms with van der Waals surface area (Å²) in [5.74, 6) is 5.32. The highest BCUT2D eigenvalue weighted by Gasteiger charge is 2.62. The summed E-state index contributed by atoms with van der Waals surface area (Å²) in [5.41, 5.74) is 2.23. The zero-order valence-electron chi connectivity index (χ0n) is 14.5. The van der Waals surface area contributed by atoms with Crippen LogP contribution in [-0.4, -0.2) is 21.9 Å². The minimum Gasteiger partial charge on any atom is -0.393 e. The van der Waals surface area contributed by atoms with Crippen molar-refractivity contribution in [1.29, 1.82) is 0 Å². The molecule has 126 valence electrons. The van der Waals surface area contributed by atoms with Gasteiger partial charge in [0.2, 0.25) is 0 Å². The van der Waals surface area contributed by atoms with Gasteiger partial charge in [-0.3, -0.25) is 0 Å². The van der Waals surface area contributed by atoms with E-state index >= 15 is 0 Å². The predicted molar refractivity (Wildman–Crippen MR) is 91.5 cm³/mol. The molecule has 2 nitrogen and oxygen atoms in total. The predicted octanol–water partition coefficient (Wildman–Crippen LogP) is 3.67. The molecule has 0 radical (unpaired) electrons. The first-order valence-electron chi connectivity index (χ1n) is 9.48. The van der Waals surface area contributed by atoms with Crippen LogP contribution in [0.15, 0.2) is 11.1 Å². The zero-order chi connectivity index (χ0) is 16.4. The molecule has 0 aromatic heterocycles. The first kappa shape index (κ1) is 15.7. The Kier molecular flexibility index (Phi) is 3.49. The summed E-state index contributed by atoms with van der Waals surface area (Å²) in [6.45, 7) is 4.64. The van der Waals surface area contributed by atoms with E-state index in [2.05, 4.69) is 19.8 Å². The summed E-state index contributed by atoms with van der Waals surface area (Å²) in [7, 11) is 0. The van der Waals surface area contributed by atoms with E-state index in [1.54, 1.807) is 11.1 Å². The number of hydrogen-bond acceptors (Lipinski definition) is 2. The van der Waals surface area contributed by atoms with Crippen LogP contribution in [0.4, 0.5) is 0 Å². The average molecular weight is 314 g/mol. The molecule has 2 saturated carbocycles. The first-order chi connectivity index (χ1) is 10.9. The van der Waals surface area contributed by atoms with Gasteiger partial charge in [0.25, 0.3) is 0 Å². The standard InChI is InChI=1S/C21H30O2/c1-4-21(23)10-8-18-19-13(2)11-14-12-15(22)5-6-16(14)17(19)7-9-20(18,21)3/h1,13,15,17-19,22-23H,5-12H2,2-3H3/t13-,15+,17?,18?,19?,20+,21+/m1/s1. The number of aliphatic hydroxyl groups excluding tert-OH is 1. The maximum absolute atomic E-state index is 11.0. The quantitative estimate of drug-likeness (QED) is 0.529. The fraction of sp³-hybridized carbons (Fsp3) is 0.810. The Morgan fingerprint density at radius 2 is 1.96 bits per heavy atom. The number of allylic oxidation sites excluding steroid dienone is 1. The topological polar surface area (TPSA) is 40.5 Å². The second kappa shape index (κ2) is 5.11. The molecule has 0 spiro atoms. The van der Waals surface area contributed by atoms with Crippen LogP contribution in [0.25, 0.3) is 0 Å². The molecule has 3 unspecified atom stereocenters. The van der Waals surface area contributed by atoms with E-state index < -0.39 is 5.60 Å². The number of hydrogen-bond donors (Lipinski definition) is 2. The Hall–Kier alpha value is -0.780. The maximum Gasteiger partial charge on any atom is 0.130 e. The highest BCUT2D eigenvalue weighted by atomic mass is 16.3. The molecule has 2 fully saturated rings. The van der Waals surface area contributed by atoms with E-state index in [-0.39, 0.29) is 11.5 Å². The van der Waals surface area contributed by atoms with Crippen molar-refractivity contribution in [3.05, 3.63) is 11.1 Å². The highest BCUT2D eigenvalue weighted by molar-refractivity contribution is 5.30. The van der Waals surface area contributed by atoms with Crippen LogP contribution in [0.2, 0.25) is 0 Å². The molecule has 4 aliphatic carbocycles. The Morgan fingerprint density at radius 1 is 1.17 bits per heavy atom. The van der Waals surface area contributed by atoms with Crippen LogP contribution in [0, 0.1) is 41.4 Å². The van der Waals surface area contributed by atoms with E-state index in [0.717, 1.165) is 44.9 Å². The van der Waals surface area contributed by atoms with Crippen molar-refractivity contribution in [3.8, 4) is 12.3 Å². The second-order valence-corrected chi connectivity index (χ2v) is 9.00. The summed E-state index contributed by atoms with van der Waals surface area (Å²) in [6, 6.07) is 0. The minimum atomic E-state index is -0.903. The van der Waals surface area contributed by atoms with Crippen molar-refractivity contribution in [1.82, 2.24) is 0 Å². The number of aliphatic hydroxyl groups is 2. The van der Waals surface area contributed by atoms with E-state index in [9.17, 15) is 10.2 Å². The van der Waals surface area contributed by atoms with Crippen molar-refractivity contribution >= 4 is 0 Å². The molecule has 2 heteroatoms. The van der Waals surface area contributed by atoms with Gasteiger partial charge in [-0.1, -0.05) is 30.9 Å². The molecule has 0 bridgehead atoms. The molecule has 7 atom stereocenters. The van der Waals surface area contributed by atoms with Crippen molar-refractivity contribution in [2.24, 2.45) is 29.1 Å². The van der Waals surface area contributed by atoms with Crippen molar-refractivity contribution in [2.45, 2.75) is 76.9 Å². The normalized spacial score (nSPS) is 52.4. The molecule has 23 heavy (non-hydrogen) atoms. The van der Waals surface area contributed by atoms with Crippen LogP contribution in [0.1, 0.15) is 65.2 Å². The molecule has 0 aromatic rings. The summed E-state index contributed by atoms with van der Waals surface area (Å²) < 4.78 is 0. The number of rotatable bonds is 0. The Morgan fingerprint density at radius 3 is 2.70 bits per heavy atom. The molecule has 0 aliphatic heterocycles. The van der Waals surface area contributed by atoms with Gasteiger partial charge in [0, 0.05) is 5.41 Å². The van der Waals surface area contributed by atoms with Gasteiger partial charge < -0.3 is 10.2 Å². The van der Waals surface area contributed by atoms with Gasteiger partial charge in [-0.05, 0) is 75.0 Å². The van der Waals surface area contributed by atoms with Gasteiger partial charge in [-0.2, -0.15) is 0 Å². The smallest absolute Gasteiger partial charge is 0.130 e. The van der Waals surface area contributed by atoms with Crippen LogP contribution < -0.4 is 0 Å². The van der Waals surface area contributed by atoms with E-state index in [4.69, 9.17) is 6.42 Å². The minimum absolute atomic E-state index is 0.108. The van der Waals surface area contributed by atoms with E-state index in [1.807, 2.05) is 0 Å². The van der Waals surface area contributed by atoms with Gasteiger partial charge >= 0.3 is 0 Å². The van der Waals surface area contributed by atoms with Gasteiger partial charge in [-0.15, -0.1) is 6.42 Å². The fourth-order valence-electron chi connectivity index (χ4n) is 6.85. The fourth-order valence-corrected chi connectivity index (χ4v) is 6.85. The molecular weight excluding hydrogens is 284 g/mol. The first-order valence-corrected chi connectivity index (χ1v) is 9.48. The van der Waals surface area contributed by atoms with E-state index in [0.29, 0.717) is 23.7 Å². The highest BCUT2D eigenvalue weighted by Crippen LogP contribution is 2.65. The lowest BCUT2D eigenvalue weighted by Crippen LogP contribution is -2.52. The summed E-state index contributed by atoms with van der Waals surface area (Å²) in [6.07, 6.45) is 13.8. The largest absolute Gasteiger partial charge is 0.393 e. The molecule has 4 aliphatic rings. The van der Waals surface area contributed by atoms with Crippen LogP contribution in [0.5, 0.6) is 0 Å². The number of terminal acetylenes is 1. The monoisotopic (exact) mass is 314 g/mol.